The molecule has 0 unspecified atom stereocenters. The molecular formula is C26H34N6O. The number of nitrogens with zero attached hydrogens (tertiary/aromatic N) is 6. The molecule has 33 heavy (non-hydrogen) atoms. The van der Waals surface area contributed by atoms with Gasteiger partial charge in [0.15, 0.2) is 0 Å². The number of amides is 1. The van der Waals surface area contributed by atoms with Crippen LogP contribution in [0.1, 0.15) is 41.7 Å². The zero-order chi connectivity index (χ0) is 22.6. The number of rotatable bonds is 6. The van der Waals surface area contributed by atoms with Crippen molar-refractivity contribution < 1.29 is 4.79 Å². The molecule has 0 spiro atoms. The smallest absolute Gasteiger partial charge is 0.274 e. The third kappa shape index (κ3) is 5.25. The molecule has 5 heterocycles. The number of piperidine rings is 2. The summed E-state index contributed by atoms with van der Waals surface area (Å²) in [6.07, 6.45) is 12.2. The summed E-state index contributed by atoms with van der Waals surface area (Å²) in [7, 11) is 2.22. The molecule has 0 aliphatic carbocycles. The number of hydrogen-bond acceptors (Lipinski definition) is 5. The topological polar surface area (TPSA) is 57.0 Å². The van der Waals surface area contributed by atoms with Crippen LogP contribution in [0.5, 0.6) is 0 Å². The summed E-state index contributed by atoms with van der Waals surface area (Å²) in [5.74, 6) is 0.531. The zero-order valence-electron chi connectivity index (χ0n) is 19.5. The highest BCUT2D eigenvalue weighted by molar-refractivity contribution is 5.92. The number of fused-ring (bicyclic) bond motifs is 1. The second-order valence-corrected chi connectivity index (χ2v) is 9.65. The van der Waals surface area contributed by atoms with Crippen LogP contribution in [-0.2, 0) is 6.54 Å². The van der Waals surface area contributed by atoms with Crippen molar-refractivity contribution in [3.05, 3.63) is 66.4 Å². The lowest BCUT2D eigenvalue weighted by Crippen LogP contribution is -2.48. The average Bonchev–Trinajstić information content (AvgIpc) is 3.29. The number of likely N-dealkylation sites (tertiary alicyclic amines) is 2. The molecule has 7 heteroatoms. The van der Waals surface area contributed by atoms with Gasteiger partial charge in [-0.05, 0) is 94.7 Å². The van der Waals surface area contributed by atoms with Crippen molar-refractivity contribution in [2.24, 2.45) is 5.92 Å². The van der Waals surface area contributed by atoms with Crippen LogP contribution in [0.3, 0.4) is 0 Å². The number of pyridine rings is 2. The molecular weight excluding hydrogens is 412 g/mol. The molecule has 3 aromatic rings. The monoisotopic (exact) mass is 446 g/mol. The second-order valence-electron chi connectivity index (χ2n) is 9.65. The third-order valence-corrected chi connectivity index (χ3v) is 7.33. The Morgan fingerprint density at radius 3 is 2.52 bits per heavy atom. The largest absolute Gasteiger partial charge is 0.333 e. The molecule has 0 bridgehead atoms. The standard InChI is InChI=1S/C26H34N6O/c1-29-14-9-23(10-15-29)30-16-7-22(8-17-30)19-32(18-21-5-11-27-12-6-21)26(33)24-20-31-13-3-2-4-25(31)28-24/h2-6,11-13,20,22-23H,7-10,14-19H2,1H3. The predicted octanol–water partition coefficient (Wildman–Crippen LogP) is 3.18. The summed E-state index contributed by atoms with van der Waals surface area (Å²) in [6.45, 7) is 6.06. The van der Waals surface area contributed by atoms with Crippen LogP contribution in [0.15, 0.2) is 55.1 Å². The van der Waals surface area contributed by atoms with Gasteiger partial charge in [0.25, 0.3) is 5.91 Å². The van der Waals surface area contributed by atoms with E-state index >= 15 is 0 Å². The van der Waals surface area contributed by atoms with E-state index in [9.17, 15) is 4.79 Å². The number of aromatic nitrogens is 3. The van der Waals surface area contributed by atoms with Gasteiger partial charge in [-0.15, -0.1) is 0 Å². The fraction of sp³-hybridized carbons (Fsp3) is 0.500. The van der Waals surface area contributed by atoms with Crippen LogP contribution in [0, 0.1) is 5.92 Å². The van der Waals surface area contributed by atoms with E-state index in [0.29, 0.717) is 18.2 Å². The van der Waals surface area contributed by atoms with Crippen molar-refractivity contribution in [2.45, 2.75) is 38.3 Å². The highest BCUT2D eigenvalue weighted by atomic mass is 16.2. The van der Waals surface area contributed by atoms with E-state index in [1.165, 1.54) is 25.9 Å². The maximum atomic E-state index is 13.6. The fourth-order valence-corrected chi connectivity index (χ4v) is 5.30. The first-order valence-electron chi connectivity index (χ1n) is 12.2. The van der Waals surface area contributed by atoms with Gasteiger partial charge in [-0.2, -0.15) is 0 Å². The number of carbonyl (C=O) groups is 1. The Morgan fingerprint density at radius 1 is 1.03 bits per heavy atom. The molecule has 2 fully saturated rings. The number of imidazole rings is 1. The maximum Gasteiger partial charge on any atom is 0.274 e. The Balaban J connectivity index is 1.26. The number of carbonyl (C=O) groups excluding carboxylic acids is 1. The highest BCUT2D eigenvalue weighted by Crippen LogP contribution is 2.25. The van der Waals surface area contributed by atoms with E-state index in [1.54, 1.807) is 12.4 Å². The molecule has 2 saturated heterocycles. The Morgan fingerprint density at radius 2 is 1.79 bits per heavy atom. The Bertz CT molecular complexity index is 1020. The molecule has 0 aromatic carbocycles. The SMILES string of the molecule is CN1CCC(N2CCC(CN(Cc3ccncc3)C(=O)c3cn4ccccc4n3)CC2)CC1. The van der Waals surface area contributed by atoms with Gasteiger partial charge in [0, 0.05) is 43.9 Å². The zero-order valence-corrected chi connectivity index (χ0v) is 19.5. The summed E-state index contributed by atoms with van der Waals surface area (Å²) in [5.41, 5.74) is 2.42. The molecule has 3 aromatic heterocycles. The third-order valence-electron chi connectivity index (χ3n) is 7.33. The molecule has 2 aliphatic heterocycles. The Labute approximate surface area is 196 Å². The molecule has 1 amide bonds. The van der Waals surface area contributed by atoms with E-state index in [-0.39, 0.29) is 5.91 Å². The molecule has 0 N–H and O–H groups in total. The van der Waals surface area contributed by atoms with Gasteiger partial charge >= 0.3 is 0 Å². The second kappa shape index (κ2) is 10.0. The summed E-state index contributed by atoms with van der Waals surface area (Å²) < 4.78 is 1.91. The van der Waals surface area contributed by atoms with E-state index in [1.807, 2.05) is 52.0 Å². The first-order chi connectivity index (χ1) is 16.2. The molecule has 0 atom stereocenters. The van der Waals surface area contributed by atoms with Crippen LogP contribution < -0.4 is 0 Å². The van der Waals surface area contributed by atoms with Crippen LogP contribution in [0.25, 0.3) is 5.65 Å². The lowest BCUT2D eigenvalue weighted by atomic mass is 9.93. The summed E-state index contributed by atoms with van der Waals surface area (Å²) in [5, 5.41) is 0. The summed E-state index contributed by atoms with van der Waals surface area (Å²) >= 11 is 0. The molecule has 0 radical (unpaired) electrons. The predicted molar refractivity (Wildman–Crippen MR) is 129 cm³/mol. The Kier molecular flexibility index (Phi) is 6.69. The van der Waals surface area contributed by atoms with E-state index in [4.69, 9.17) is 0 Å². The molecule has 5 rings (SSSR count). The quantitative estimate of drug-likeness (QED) is 0.582. The van der Waals surface area contributed by atoms with Gasteiger partial charge in [-0.25, -0.2) is 4.98 Å². The molecule has 7 nitrogen and oxygen atoms in total. The van der Waals surface area contributed by atoms with Gasteiger partial charge in [0.1, 0.15) is 11.3 Å². The Hall–Kier alpha value is -2.77. The molecule has 2 aliphatic rings. The van der Waals surface area contributed by atoms with Crippen LogP contribution >= 0.6 is 0 Å². The van der Waals surface area contributed by atoms with Crippen molar-refractivity contribution in [2.75, 3.05) is 39.8 Å². The lowest BCUT2D eigenvalue weighted by molar-refractivity contribution is 0.0583. The first-order valence-corrected chi connectivity index (χ1v) is 12.2. The summed E-state index contributed by atoms with van der Waals surface area (Å²) in [6, 6.07) is 10.6. The van der Waals surface area contributed by atoms with Gasteiger partial charge in [-0.1, -0.05) is 6.07 Å². The fourth-order valence-electron chi connectivity index (χ4n) is 5.30. The van der Waals surface area contributed by atoms with Crippen LogP contribution in [0.4, 0.5) is 0 Å². The average molecular weight is 447 g/mol. The minimum atomic E-state index is 0.00765. The maximum absolute atomic E-state index is 13.6. The van der Waals surface area contributed by atoms with E-state index < -0.39 is 0 Å². The summed E-state index contributed by atoms with van der Waals surface area (Å²) in [4.78, 5) is 29.4. The van der Waals surface area contributed by atoms with Gasteiger partial charge in [-0.3, -0.25) is 9.78 Å². The van der Waals surface area contributed by atoms with Gasteiger partial charge < -0.3 is 19.1 Å². The van der Waals surface area contributed by atoms with Crippen molar-refractivity contribution in [3.63, 3.8) is 0 Å². The van der Waals surface area contributed by atoms with Crippen molar-refractivity contribution in [1.29, 1.82) is 0 Å². The molecule has 0 saturated carbocycles. The van der Waals surface area contributed by atoms with Crippen molar-refractivity contribution >= 4 is 11.6 Å². The van der Waals surface area contributed by atoms with Gasteiger partial charge in [0.05, 0.1) is 0 Å². The highest BCUT2D eigenvalue weighted by Gasteiger charge is 2.29. The lowest BCUT2D eigenvalue weighted by Gasteiger charge is -2.41. The van der Waals surface area contributed by atoms with Crippen molar-refractivity contribution in [1.82, 2.24) is 29.1 Å². The van der Waals surface area contributed by atoms with Gasteiger partial charge in [0.2, 0.25) is 0 Å². The molecule has 174 valence electrons. The number of hydrogen-bond donors (Lipinski definition) is 0. The van der Waals surface area contributed by atoms with Crippen molar-refractivity contribution in [3.8, 4) is 0 Å². The normalized spacial score (nSPS) is 19.2. The minimum Gasteiger partial charge on any atom is -0.333 e. The van der Waals surface area contributed by atoms with Crippen LogP contribution in [-0.4, -0.2) is 80.8 Å². The minimum absolute atomic E-state index is 0.00765. The van der Waals surface area contributed by atoms with E-state index in [2.05, 4.69) is 26.8 Å². The van der Waals surface area contributed by atoms with Crippen LogP contribution in [0.2, 0.25) is 0 Å². The first kappa shape index (κ1) is 22.0. The van der Waals surface area contributed by atoms with E-state index in [0.717, 1.165) is 49.7 Å².